The fourth-order valence-corrected chi connectivity index (χ4v) is 0.761. The van der Waals surface area contributed by atoms with Crippen molar-refractivity contribution in [2.45, 2.75) is 6.92 Å². The van der Waals surface area contributed by atoms with Crippen LogP contribution in [0.25, 0.3) is 0 Å². The molecule has 0 saturated carbocycles. The van der Waals surface area contributed by atoms with E-state index in [1.165, 1.54) is 12.5 Å². The summed E-state index contributed by atoms with van der Waals surface area (Å²) < 4.78 is 4.65. The first kappa shape index (κ1) is 10.7. The van der Waals surface area contributed by atoms with Gasteiger partial charge in [0.05, 0.1) is 6.61 Å². The van der Waals surface area contributed by atoms with Gasteiger partial charge in [0.25, 0.3) is 0 Å². The average Bonchev–Trinajstić information content (AvgIpc) is 2.72. The van der Waals surface area contributed by atoms with E-state index in [0.717, 1.165) is 0 Å². The van der Waals surface area contributed by atoms with Crippen LogP contribution in [0.4, 0.5) is 5.95 Å². The molecule has 0 spiro atoms. The van der Waals surface area contributed by atoms with E-state index >= 15 is 0 Å². The van der Waals surface area contributed by atoms with E-state index < -0.39 is 5.97 Å². The Bertz CT molecular complexity index is 390. The van der Waals surface area contributed by atoms with E-state index in [1.807, 2.05) is 0 Å². The van der Waals surface area contributed by atoms with Gasteiger partial charge in [-0.05, 0) is 6.92 Å². The molecule has 0 amide bonds. The molecule has 1 rings (SSSR count). The molecule has 0 aliphatic rings. The van der Waals surface area contributed by atoms with Crippen molar-refractivity contribution in [1.82, 2.24) is 15.2 Å². The van der Waals surface area contributed by atoms with Gasteiger partial charge in [0.15, 0.2) is 5.57 Å². The second kappa shape index (κ2) is 5.39. The minimum Gasteiger partial charge on any atom is -0.462 e. The molecule has 78 valence electrons. The fraction of sp³-hybridized carbons (Fsp3) is 0.250. The summed E-state index contributed by atoms with van der Waals surface area (Å²) in [5.41, 5.74) is -0.131. The van der Waals surface area contributed by atoms with E-state index in [0.29, 0.717) is 5.95 Å². The molecule has 0 aromatic carbocycles. The van der Waals surface area contributed by atoms with Crippen LogP contribution in [0.15, 0.2) is 18.1 Å². The molecule has 0 bridgehead atoms. The topological polar surface area (TPSA) is 104 Å². The number of ether oxygens (including phenoxy) is 1. The van der Waals surface area contributed by atoms with Gasteiger partial charge in [0, 0.05) is 6.20 Å². The van der Waals surface area contributed by atoms with Gasteiger partial charge in [0.1, 0.15) is 12.4 Å². The van der Waals surface area contributed by atoms with Crippen LogP contribution in [0.5, 0.6) is 0 Å². The van der Waals surface area contributed by atoms with Crippen molar-refractivity contribution < 1.29 is 9.53 Å². The predicted molar refractivity (Wildman–Crippen MR) is 50.3 cm³/mol. The summed E-state index contributed by atoms with van der Waals surface area (Å²) in [5.74, 6) is -0.334. The largest absolute Gasteiger partial charge is 0.462 e. The molecular formula is C8H9N5O2. The number of esters is 1. The minimum absolute atomic E-state index is 0.131. The number of nitrogens with one attached hydrogen (secondary N) is 2. The van der Waals surface area contributed by atoms with Crippen LogP contribution in [0, 0.1) is 11.3 Å². The highest BCUT2D eigenvalue weighted by atomic mass is 16.5. The van der Waals surface area contributed by atoms with E-state index in [2.05, 4.69) is 25.2 Å². The second-order valence-electron chi connectivity index (χ2n) is 2.37. The minimum atomic E-state index is -0.674. The first-order valence-corrected chi connectivity index (χ1v) is 4.17. The molecule has 1 aromatic rings. The summed E-state index contributed by atoms with van der Waals surface area (Å²) in [5, 5.41) is 17.3. The van der Waals surface area contributed by atoms with Crippen LogP contribution in [-0.2, 0) is 9.53 Å². The second-order valence-corrected chi connectivity index (χ2v) is 2.37. The van der Waals surface area contributed by atoms with Crippen LogP contribution in [0.2, 0.25) is 0 Å². The Hall–Kier alpha value is -2.36. The third-order valence-corrected chi connectivity index (χ3v) is 1.38. The number of carbonyl (C=O) groups excluding carboxylic acids is 1. The maximum Gasteiger partial charge on any atom is 0.350 e. The van der Waals surface area contributed by atoms with Gasteiger partial charge < -0.3 is 10.1 Å². The number of aromatic nitrogens is 3. The lowest BCUT2D eigenvalue weighted by Gasteiger charge is -1.99. The van der Waals surface area contributed by atoms with E-state index in [-0.39, 0.29) is 12.2 Å². The summed E-state index contributed by atoms with van der Waals surface area (Å²) in [6, 6.07) is 1.71. The molecule has 1 heterocycles. The number of carbonyl (C=O) groups is 1. The molecular weight excluding hydrogens is 198 g/mol. The van der Waals surface area contributed by atoms with Crippen molar-refractivity contribution in [2.75, 3.05) is 11.9 Å². The quantitative estimate of drug-likeness (QED) is 0.415. The molecule has 0 aliphatic carbocycles. The Labute approximate surface area is 85.8 Å². The monoisotopic (exact) mass is 207 g/mol. The maximum absolute atomic E-state index is 11.1. The van der Waals surface area contributed by atoms with Crippen molar-refractivity contribution in [3.8, 4) is 6.07 Å². The van der Waals surface area contributed by atoms with Gasteiger partial charge in [-0.1, -0.05) is 0 Å². The van der Waals surface area contributed by atoms with Crippen molar-refractivity contribution in [3.05, 3.63) is 18.1 Å². The highest BCUT2D eigenvalue weighted by Gasteiger charge is 2.09. The van der Waals surface area contributed by atoms with Crippen LogP contribution >= 0.6 is 0 Å². The summed E-state index contributed by atoms with van der Waals surface area (Å²) in [6.45, 7) is 1.89. The maximum atomic E-state index is 11.1. The average molecular weight is 207 g/mol. The van der Waals surface area contributed by atoms with E-state index in [9.17, 15) is 4.79 Å². The number of hydrogen-bond acceptors (Lipinski definition) is 6. The molecule has 0 fully saturated rings. The summed E-state index contributed by atoms with van der Waals surface area (Å²) >= 11 is 0. The third-order valence-electron chi connectivity index (χ3n) is 1.38. The van der Waals surface area contributed by atoms with Crippen LogP contribution in [0.3, 0.4) is 0 Å². The van der Waals surface area contributed by atoms with Gasteiger partial charge in [-0.15, -0.1) is 0 Å². The molecule has 0 atom stereocenters. The SMILES string of the molecule is CCOC(=O)/C(C#N)=C/Nc1ncn[nH]1. The van der Waals surface area contributed by atoms with Crippen molar-refractivity contribution >= 4 is 11.9 Å². The van der Waals surface area contributed by atoms with Crippen LogP contribution in [-0.4, -0.2) is 27.8 Å². The molecule has 0 saturated heterocycles. The zero-order valence-electron chi connectivity index (χ0n) is 8.02. The molecule has 0 aliphatic heterocycles. The number of rotatable bonds is 4. The number of nitriles is 1. The highest BCUT2D eigenvalue weighted by Crippen LogP contribution is 1.99. The lowest BCUT2D eigenvalue weighted by atomic mass is 10.3. The summed E-state index contributed by atoms with van der Waals surface area (Å²) in [7, 11) is 0. The van der Waals surface area contributed by atoms with Gasteiger partial charge >= 0.3 is 5.97 Å². The van der Waals surface area contributed by atoms with Gasteiger partial charge in [-0.3, -0.25) is 0 Å². The number of H-pyrrole nitrogens is 1. The molecule has 1 aromatic heterocycles. The third kappa shape index (κ3) is 3.11. The molecule has 0 unspecified atom stereocenters. The fourth-order valence-electron chi connectivity index (χ4n) is 0.761. The Kier molecular flexibility index (Phi) is 3.85. The number of aromatic amines is 1. The lowest BCUT2D eigenvalue weighted by Crippen LogP contribution is -2.08. The summed E-state index contributed by atoms with van der Waals surface area (Å²) in [6.07, 6.45) is 2.51. The van der Waals surface area contributed by atoms with Crippen molar-refractivity contribution in [3.63, 3.8) is 0 Å². The van der Waals surface area contributed by atoms with Gasteiger partial charge in [-0.2, -0.15) is 15.3 Å². The van der Waals surface area contributed by atoms with Crippen LogP contribution in [0.1, 0.15) is 6.92 Å². The Morgan fingerprint density at radius 1 is 1.87 bits per heavy atom. The Morgan fingerprint density at radius 3 is 3.20 bits per heavy atom. The van der Waals surface area contributed by atoms with E-state index in [1.54, 1.807) is 13.0 Å². The van der Waals surface area contributed by atoms with Crippen molar-refractivity contribution in [2.24, 2.45) is 0 Å². The number of hydrogen-bond donors (Lipinski definition) is 2. The standard InChI is InChI=1S/C8H9N5O2/c1-2-15-7(14)6(3-9)4-10-8-11-5-12-13-8/h4-5H,2H2,1H3,(H2,10,11,12,13)/b6-4+. The smallest absolute Gasteiger partial charge is 0.350 e. The predicted octanol–water partition coefficient (Wildman–Crippen LogP) is 0.187. The Morgan fingerprint density at radius 2 is 2.67 bits per heavy atom. The van der Waals surface area contributed by atoms with Gasteiger partial charge in [-0.25, -0.2) is 9.89 Å². The van der Waals surface area contributed by atoms with Gasteiger partial charge in [0.2, 0.25) is 5.95 Å². The Balaban J connectivity index is 2.63. The first-order valence-electron chi connectivity index (χ1n) is 4.17. The zero-order valence-corrected chi connectivity index (χ0v) is 8.02. The number of anilines is 1. The normalized spacial score (nSPS) is 10.5. The zero-order chi connectivity index (χ0) is 11.1. The molecule has 7 nitrogen and oxygen atoms in total. The molecule has 15 heavy (non-hydrogen) atoms. The summed E-state index contributed by atoms with van der Waals surface area (Å²) in [4.78, 5) is 14.9. The molecule has 7 heteroatoms. The molecule has 2 N–H and O–H groups in total. The lowest BCUT2D eigenvalue weighted by molar-refractivity contribution is -0.138. The number of nitrogens with zero attached hydrogens (tertiary/aromatic N) is 3. The van der Waals surface area contributed by atoms with E-state index in [4.69, 9.17) is 5.26 Å². The molecule has 0 radical (unpaired) electrons. The van der Waals surface area contributed by atoms with Crippen molar-refractivity contribution in [1.29, 1.82) is 5.26 Å². The first-order chi connectivity index (χ1) is 7.27. The van der Waals surface area contributed by atoms with Crippen LogP contribution < -0.4 is 5.32 Å². The highest BCUT2D eigenvalue weighted by molar-refractivity contribution is 5.92.